The highest BCUT2D eigenvalue weighted by molar-refractivity contribution is 5.70. The van der Waals surface area contributed by atoms with Gasteiger partial charge in [-0.3, -0.25) is 0 Å². The summed E-state index contributed by atoms with van der Waals surface area (Å²) in [6, 6.07) is 6.22. The van der Waals surface area contributed by atoms with Gasteiger partial charge in [0.25, 0.3) is 0 Å². The number of aliphatic hydroxyl groups excluding tert-OH is 1. The monoisotopic (exact) mass is 494 g/mol. The predicted octanol–water partition coefficient (Wildman–Crippen LogP) is 3.87. The highest BCUT2D eigenvalue weighted by Crippen LogP contribution is 2.38. The molecule has 0 aliphatic carbocycles. The molecule has 1 N–H and O–H groups in total. The minimum atomic E-state index is -0.689. The van der Waals surface area contributed by atoms with Crippen LogP contribution in [0.3, 0.4) is 0 Å². The number of likely N-dealkylation sites (tertiary alicyclic amines) is 1. The summed E-state index contributed by atoms with van der Waals surface area (Å²) in [7, 11) is 0. The largest absolute Gasteiger partial charge is 0.491 e. The average Bonchev–Trinajstić information content (AvgIpc) is 3.42. The van der Waals surface area contributed by atoms with Crippen LogP contribution in [0.2, 0.25) is 0 Å². The molecule has 1 amide bonds. The highest BCUT2D eigenvalue weighted by atomic mass is 16.6. The number of aliphatic hydroxyl groups is 1. The zero-order valence-corrected chi connectivity index (χ0v) is 21.5. The van der Waals surface area contributed by atoms with E-state index in [2.05, 4.69) is 28.5 Å². The molecule has 2 unspecified atom stereocenters. The van der Waals surface area contributed by atoms with Crippen molar-refractivity contribution in [3.05, 3.63) is 36.3 Å². The Bertz CT molecular complexity index is 1260. The first-order valence-corrected chi connectivity index (χ1v) is 12.5. The third-order valence-corrected chi connectivity index (χ3v) is 6.57. The normalized spacial score (nSPS) is 19.9. The highest BCUT2D eigenvalue weighted by Gasteiger charge is 2.34. The average molecular weight is 495 g/mol. The smallest absolute Gasteiger partial charge is 0.410 e. The summed E-state index contributed by atoms with van der Waals surface area (Å²) in [6.07, 6.45) is 3.12. The van der Waals surface area contributed by atoms with Gasteiger partial charge >= 0.3 is 6.09 Å². The first-order valence-electron chi connectivity index (χ1n) is 12.5. The predicted molar refractivity (Wildman–Crippen MR) is 134 cm³/mol. The minimum absolute atomic E-state index is 0.0965. The van der Waals surface area contributed by atoms with Crippen molar-refractivity contribution in [2.45, 2.75) is 71.2 Å². The molecule has 0 bridgehead atoms. The fourth-order valence-corrected chi connectivity index (χ4v) is 4.86. The molecule has 1 aromatic carbocycles. The molecule has 2 aliphatic heterocycles. The van der Waals surface area contributed by atoms with E-state index in [-0.39, 0.29) is 24.6 Å². The van der Waals surface area contributed by atoms with Gasteiger partial charge in [-0.15, -0.1) is 0 Å². The molecule has 192 valence electrons. The Balaban J connectivity index is 1.38. The van der Waals surface area contributed by atoms with Crippen molar-refractivity contribution in [1.29, 1.82) is 0 Å². The Morgan fingerprint density at radius 1 is 1.22 bits per heavy atom. The van der Waals surface area contributed by atoms with Crippen molar-refractivity contribution in [2.24, 2.45) is 0 Å². The number of nitrogens with zero attached hydrogens (tertiary/aromatic N) is 6. The number of amides is 1. The van der Waals surface area contributed by atoms with E-state index in [0.29, 0.717) is 26.1 Å². The van der Waals surface area contributed by atoms with Crippen LogP contribution < -0.4 is 4.74 Å². The molecule has 2 aromatic heterocycles. The Morgan fingerprint density at radius 3 is 2.75 bits per heavy atom. The molecule has 10 heteroatoms. The molecule has 2 aliphatic rings. The number of ether oxygens (including phenoxy) is 2. The lowest BCUT2D eigenvalue weighted by molar-refractivity contribution is -0.00154. The number of β-amino-alcohol motifs (C(OH)–C–C–N with tert-alkyl or cyclic N) is 1. The van der Waals surface area contributed by atoms with Gasteiger partial charge in [0.05, 0.1) is 24.8 Å². The Kier molecular flexibility index (Phi) is 6.23. The van der Waals surface area contributed by atoms with Crippen LogP contribution in [0.25, 0.3) is 22.9 Å². The lowest BCUT2D eigenvalue weighted by Gasteiger charge is -2.37. The molecule has 5 rings (SSSR count). The van der Waals surface area contributed by atoms with Gasteiger partial charge in [0.2, 0.25) is 0 Å². The van der Waals surface area contributed by atoms with Crippen LogP contribution in [0.15, 0.2) is 30.7 Å². The van der Waals surface area contributed by atoms with Crippen molar-refractivity contribution < 1.29 is 19.4 Å². The quantitative estimate of drug-likeness (QED) is 0.589. The topological polar surface area (TPSA) is 108 Å². The minimum Gasteiger partial charge on any atom is -0.491 e. The van der Waals surface area contributed by atoms with E-state index in [1.165, 1.54) is 0 Å². The molecule has 1 fully saturated rings. The van der Waals surface area contributed by atoms with E-state index >= 15 is 0 Å². The number of hydrogen-bond acceptors (Lipinski definition) is 7. The third kappa shape index (κ3) is 4.69. The van der Waals surface area contributed by atoms with E-state index in [1.807, 2.05) is 49.8 Å². The summed E-state index contributed by atoms with van der Waals surface area (Å²) in [6.45, 7) is 11.6. The van der Waals surface area contributed by atoms with Crippen molar-refractivity contribution in [3.8, 4) is 28.7 Å². The molecule has 0 saturated carbocycles. The number of hydrogen-bond donors (Lipinski definition) is 1. The zero-order chi connectivity index (χ0) is 25.6. The van der Waals surface area contributed by atoms with Crippen molar-refractivity contribution in [3.63, 3.8) is 0 Å². The summed E-state index contributed by atoms with van der Waals surface area (Å²) >= 11 is 0. The van der Waals surface area contributed by atoms with Crippen LogP contribution in [0.1, 0.15) is 58.6 Å². The molecule has 10 nitrogen and oxygen atoms in total. The Morgan fingerprint density at radius 2 is 2.03 bits per heavy atom. The standard InChI is InChI=1S/C26H34N6O4/c1-16(2)32-24(27-15-28-32)20-13-30-10-11-35-22-12-17(6-7-19(22)23(30)29-20)18-8-9-31(14-21(18)33)25(34)36-26(3,4)5/h6-7,12-13,15-16,18,21,33H,8-11,14H2,1-5H3. The molecule has 3 aromatic rings. The number of benzene rings is 1. The van der Waals surface area contributed by atoms with E-state index in [9.17, 15) is 9.90 Å². The second-order valence-corrected chi connectivity index (χ2v) is 10.8. The molecule has 2 atom stereocenters. The number of piperidine rings is 1. The number of carbonyl (C=O) groups is 1. The number of aromatic nitrogens is 5. The number of rotatable bonds is 3. The summed E-state index contributed by atoms with van der Waals surface area (Å²) in [5, 5.41) is 15.3. The van der Waals surface area contributed by atoms with Crippen LogP contribution in [-0.4, -0.2) is 71.8 Å². The van der Waals surface area contributed by atoms with Crippen LogP contribution in [0, 0.1) is 0 Å². The fourth-order valence-electron chi connectivity index (χ4n) is 4.86. The lowest BCUT2D eigenvalue weighted by atomic mass is 9.86. The molecule has 4 heterocycles. The summed E-state index contributed by atoms with van der Waals surface area (Å²) in [5.74, 6) is 2.21. The van der Waals surface area contributed by atoms with E-state index in [4.69, 9.17) is 14.5 Å². The summed E-state index contributed by atoms with van der Waals surface area (Å²) in [5.41, 5.74) is 2.10. The second-order valence-electron chi connectivity index (χ2n) is 10.8. The SMILES string of the molecule is CC(C)n1ncnc1-c1cn2c(n1)-c1ccc(C3CCN(C(=O)OC(C)(C)C)CC3O)cc1OCC2. The van der Waals surface area contributed by atoms with Crippen LogP contribution in [0.4, 0.5) is 4.79 Å². The number of carbonyl (C=O) groups excluding carboxylic acids is 1. The number of imidazole rings is 1. The van der Waals surface area contributed by atoms with Gasteiger partial charge in [-0.1, -0.05) is 6.07 Å². The van der Waals surface area contributed by atoms with E-state index in [1.54, 1.807) is 11.2 Å². The van der Waals surface area contributed by atoms with Gasteiger partial charge in [-0.25, -0.2) is 19.4 Å². The van der Waals surface area contributed by atoms with Gasteiger partial charge in [0.15, 0.2) is 5.82 Å². The van der Waals surface area contributed by atoms with Crippen molar-refractivity contribution >= 4 is 6.09 Å². The van der Waals surface area contributed by atoms with Gasteiger partial charge in [0, 0.05) is 24.7 Å². The zero-order valence-electron chi connectivity index (χ0n) is 21.5. The van der Waals surface area contributed by atoms with Gasteiger partial charge in [-0.05, 0) is 58.7 Å². The van der Waals surface area contributed by atoms with E-state index in [0.717, 1.165) is 34.2 Å². The van der Waals surface area contributed by atoms with Crippen molar-refractivity contribution in [2.75, 3.05) is 19.7 Å². The molecular weight excluding hydrogens is 460 g/mol. The maximum Gasteiger partial charge on any atom is 0.410 e. The molecule has 36 heavy (non-hydrogen) atoms. The number of fused-ring (bicyclic) bond motifs is 3. The van der Waals surface area contributed by atoms with Gasteiger partial charge in [-0.2, -0.15) is 5.10 Å². The Hall–Kier alpha value is -3.40. The fraction of sp³-hybridized carbons (Fsp3) is 0.538. The van der Waals surface area contributed by atoms with Crippen molar-refractivity contribution in [1.82, 2.24) is 29.2 Å². The summed E-state index contributed by atoms with van der Waals surface area (Å²) < 4.78 is 15.5. The Labute approximate surface area is 210 Å². The van der Waals surface area contributed by atoms with Gasteiger partial charge < -0.3 is 24.0 Å². The van der Waals surface area contributed by atoms with Gasteiger partial charge in [0.1, 0.15) is 35.8 Å². The molecule has 0 radical (unpaired) electrons. The lowest BCUT2D eigenvalue weighted by Crippen LogP contribution is -2.47. The van der Waals surface area contributed by atoms with Crippen LogP contribution in [0.5, 0.6) is 5.75 Å². The summed E-state index contributed by atoms with van der Waals surface area (Å²) in [4.78, 5) is 23.4. The first kappa shape index (κ1) is 24.3. The molecule has 1 saturated heterocycles. The van der Waals surface area contributed by atoms with Crippen LogP contribution >= 0.6 is 0 Å². The third-order valence-electron chi connectivity index (χ3n) is 6.57. The van der Waals surface area contributed by atoms with Crippen LogP contribution in [-0.2, 0) is 11.3 Å². The molecule has 0 spiro atoms. The molecular formula is C26H34N6O4. The first-order chi connectivity index (χ1) is 17.1. The maximum atomic E-state index is 12.4. The van der Waals surface area contributed by atoms with E-state index < -0.39 is 11.7 Å². The maximum absolute atomic E-state index is 12.4. The second kappa shape index (κ2) is 9.24.